The van der Waals surface area contributed by atoms with Gasteiger partial charge in [0.15, 0.2) is 0 Å². The Morgan fingerprint density at radius 3 is 2.56 bits per heavy atom. The number of benzene rings is 1. The molecule has 1 heterocycles. The first kappa shape index (κ1) is 11.2. The van der Waals surface area contributed by atoms with Crippen LogP contribution in [0.2, 0.25) is 0 Å². The zero-order valence-corrected chi connectivity index (χ0v) is 10.7. The summed E-state index contributed by atoms with van der Waals surface area (Å²) in [5.74, 6) is 1.35. The zero-order chi connectivity index (χ0) is 11.4. The van der Waals surface area contributed by atoms with Crippen molar-refractivity contribution in [2.45, 2.75) is 6.61 Å². The highest BCUT2D eigenvalue weighted by atomic mass is 127. The highest BCUT2D eigenvalue weighted by Crippen LogP contribution is 2.14. The number of nitrogens with zero attached hydrogens (tertiary/aromatic N) is 1. The van der Waals surface area contributed by atoms with Gasteiger partial charge in [-0.2, -0.15) is 0 Å². The van der Waals surface area contributed by atoms with Crippen molar-refractivity contribution in [3.8, 4) is 5.75 Å². The number of aromatic nitrogens is 1. The first-order chi connectivity index (χ1) is 7.74. The lowest BCUT2D eigenvalue weighted by Gasteiger charge is -2.05. The van der Waals surface area contributed by atoms with Crippen LogP contribution >= 0.6 is 22.6 Å². The summed E-state index contributed by atoms with van der Waals surface area (Å²) in [5.41, 5.74) is 6.41. The van der Waals surface area contributed by atoms with Crippen molar-refractivity contribution >= 4 is 28.4 Å². The average Bonchev–Trinajstić information content (AvgIpc) is 2.28. The van der Waals surface area contributed by atoms with Crippen molar-refractivity contribution in [1.82, 2.24) is 4.98 Å². The van der Waals surface area contributed by atoms with Crippen LogP contribution in [0.5, 0.6) is 5.75 Å². The smallest absolute Gasteiger partial charge is 0.130 e. The van der Waals surface area contributed by atoms with E-state index in [1.807, 2.05) is 36.4 Å². The molecule has 0 aliphatic carbocycles. The SMILES string of the molecule is Nc1cccc(COc2ccc(I)cc2)n1. The van der Waals surface area contributed by atoms with E-state index in [0.717, 1.165) is 11.4 Å². The van der Waals surface area contributed by atoms with E-state index in [-0.39, 0.29) is 0 Å². The molecule has 0 aliphatic heterocycles. The highest BCUT2D eigenvalue weighted by Gasteiger charge is 1.97. The first-order valence-corrected chi connectivity index (χ1v) is 5.92. The molecule has 0 unspecified atom stereocenters. The molecule has 0 radical (unpaired) electrons. The maximum Gasteiger partial charge on any atom is 0.130 e. The predicted octanol–water partition coefficient (Wildman–Crippen LogP) is 2.85. The van der Waals surface area contributed by atoms with Gasteiger partial charge in [-0.25, -0.2) is 4.98 Å². The molecule has 2 N–H and O–H groups in total. The van der Waals surface area contributed by atoms with Crippen molar-refractivity contribution in [2.75, 3.05) is 5.73 Å². The van der Waals surface area contributed by atoms with E-state index in [1.54, 1.807) is 6.07 Å². The van der Waals surface area contributed by atoms with E-state index in [2.05, 4.69) is 27.6 Å². The summed E-state index contributed by atoms with van der Waals surface area (Å²) in [7, 11) is 0. The van der Waals surface area contributed by atoms with Crippen molar-refractivity contribution < 1.29 is 4.74 Å². The van der Waals surface area contributed by atoms with Crippen molar-refractivity contribution in [3.63, 3.8) is 0 Å². The third kappa shape index (κ3) is 3.10. The van der Waals surface area contributed by atoms with Gasteiger partial charge in [0, 0.05) is 3.57 Å². The van der Waals surface area contributed by atoms with E-state index >= 15 is 0 Å². The van der Waals surface area contributed by atoms with Crippen LogP contribution in [0.15, 0.2) is 42.5 Å². The third-order valence-corrected chi connectivity index (χ3v) is 2.75. The summed E-state index contributed by atoms with van der Waals surface area (Å²) in [6, 6.07) is 13.4. The van der Waals surface area contributed by atoms with E-state index in [4.69, 9.17) is 10.5 Å². The molecule has 0 fully saturated rings. The maximum atomic E-state index is 5.58. The van der Waals surface area contributed by atoms with Gasteiger partial charge in [-0.05, 0) is 59.0 Å². The van der Waals surface area contributed by atoms with Crippen LogP contribution in [0.4, 0.5) is 5.82 Å². The van der Waals surface area contributed by atoms with Crippen LogP contribution in [0.3, 0.4) is 0 Å². The average molecular weight is 326 g/mol. The fourth-order valence-corrected chi connectivity index (χ4v) is 1.63. The van der Waals surface area contributed by atoms with Crippen LogP contribution in [0.1, 0.15) is 5.69 Å². The number of hydrogen-bond acceptors (Lipinski definition) is 3. The number of halogens is 1. The molecule has 1 aromatic carbocycles. The molecule has 4 heteroatoms. The summed E-state index contributed by atoms with van der Waals surface area (Å²) >= 11 is 2.26. The van der Waals surface area contributed by atoms with Crippen molar-refractivity contribution in [3.05, 3.63) is 51.7 Å². The number of anilines is 1. The van der Waals surface area contributed by atoms with E-state index in [9.17, 15) is 0 Å². The van der Waals surface area contributed by atoms with Gasteiger partial charge in [0.25, 0.3) is 0 Å². The Balaban J connectivity index is 1.99. The van der Waals surface area contributed by atoms with Gasteiger partial charge in [0.2, 0.25) is 0 Å². The fraction of sp³-hybridized carbons (Fsp3) is 0.0833. The summed E-state index contributed by atoms with van der Waals surface area (Å²) in [6.45, 7) is 0.436. The van der Waals surface area contributed by atoms with Crippen LogP contribution in [0, 0.1) is 3.57 Å². The summed E-state index contributed by atoms with van der Waals surface area (Å²) in [5, 5.41) is 0. The molecule has 2 rings (SSSR count). The second-order valence-corrected chi connectivity index (χ2v) is 4.54. The predicted molar refractivity (Wildman–Crippen MR) is 72.1 cm³/mol. The molecule has 0 amide bonds. The standard InChI is InChI=1S/C12H11IN2O/c13-9-4-6-11(7-5-9)16-8-10-2-1-3-12(14)15-10/h1-7H,8H2,(H2,14,15). The number of rotatable bonds is 3. The second kappa shape index (κ2) is 5.16. The van der Waals surface area contributed by atoms with Gasteiger partial charge in [-0.15, -0.1) is 0 Å². The van der Waals surface area contributed by atoms with E-state index < -0.39 is 0 Å². The molecular formula is C12H11IN2O. The van der Waals surface area contributed by atoms with Gasteiger partial charge in [0.05, 0.1) is 5.69 Å². The van der Waals surface area contributed by atoms with Gasteiger partial charge in [-0.3, -0.25) is 0 Å². The molecule has 0 bridgehead atoms. The molecule has 82 valence electrons. The molecule has 0 atom stereocenters. The number of nitrogens with two attached hydrogens (primary N) is 1. The van der Waals surface area contributed by atoms with Gasteiger partial charge in [-0.1, -0.05) is 6.07 Å². The lowest BCUT2D eigenvalue weighted by atomic mass is 10.3. The second-order valence-electron chi connectivity index (χ2n) is 3.30. The van der Waals surface area contributed by atoms with E-state index in [1.165, 1.54) is 3.57 Å². The van der Waals surface area contributed by atoms with Gasteiger partial charge in [0.1, 0.15) is 18.2 Å². The lowest BCUT2D eigenvalue weighted by Crippen LogP contribution is -2.00. The van der Waals surface area contributed by atoms with E-state index in [0.29, 0.717) is 12.4 Å². The molecule has 3 nitrogen and oxygen atoms in total. The molecule has 0 saturated heterocycles. The Morgan fingerprint density at radius 2 is 1.88 bits per heavy atom. The van der Waals surface area contributed by atoms with Gasteiger partial charge >= 0.3 is 0 Å². The monoisotopic (exact) mass is 326 g/mol. The molecule has 0 spiro atoms. The Hall–Kier alpha value is -1.30. The number of nitrogen functional groups attached to an aromatic ring is 1. The Labute approximate surface area is 108 Å². The quantitative estimate of drug-likeness (QED) is 0.883. The maximum absolute atomic E-state index is 5.58. The topological polar surface area (TPSA) is 48.1 Å². The normalized spacial score (nSPS) is 10.1. The zero-order valence-electron chi connectivity index (χ0n) is 8.56. The summed E-state index contributed by atoms with van der Waals surface area (Å²) in [6.07, 6.45) is 0. The number of pyridine rings is 1. The summed E-state index contributed by atoms with van der Waals surface area (Å²) < 4.78 is 6.77. The highest BCUT2D eigenvalue weighted by molar-refractivity contribution is 14.1. The molecular weight excluding hydrogens is 315 g/mol. The van der Waals surface area contributed by atoms with Crippen LogP contribution in [-0.2, 0) is 6.61 Å². The Morgan fingerprint density at radius 1 is 1.12 bits per heavy atom. The fourth-order valence-electron chi connectivity index (χ4n) is 1.27. The van der Waals surface area contributed by atoms with Crippen molar-refractivity contribution in [2.24, 2.45) is 0 Å². The van der Waals surface area contributed by atoms with Crippen molar-refractivity contribution in [1.29, 1.82) is 0 Å². The molecule has 0 saturated carbocycles. The minimum Gasteiger partial charge on any atom is -0.487 e. The molecule has 16 heavy (non-hydrogen) atoms. The van der Waals surface area contributed by atoms with Crippen LogP contribution in [0.25, 0.3) is 0 Å². The van der Waals surface area contributed by atoms with Crippen LogP contribution < -0.4 is 10.5 Å². The minimum atomic E-state index is 0.436. The number of hydrogen-bond donors (Lipinski definition) is 1. The van der Waals surface area contributed by atoms with Gasteiger partial charge < -0.3 is 10.5 Å². The largest absolute Gasteiger partial charge is 0.487 e. The molecule has 0 aliphatic rings. The first-order valence-electron chi connectivity index (χ1n) is 4.84. The Bertz CT molecular complexity index is 471. The molecule has 1 aromatic heterocycles. The minimum absolute atomic E-state index is 0.436. The molecule has 2 aromatic rings. The van der Waals surface area contributed by atoms with Crippen LogP contribution in [-0.4, -0.2) is 4.98 Å². The Kier molecular flexibility index (Phi) is 3.61. The lowest BCUT2D eigenvalue weighted by molar-refractivity contribution is 0.301. The third-order valence-electron chi connectivity index (χ3n) is 2.03. The summed E-state index contributed by atoms with van der Waals surface area (Å²) in [4.78, 5) is 4.16. The number of ether oxygens (including phenoxy) is 1.